The second-order valence-corrected chi connectivity index (χ2v) is 22.3. The summed E-state index contributed by atoms with van der Waals surface area (Å²) in [6.07, 6.45) is 93.6. The van der Waals surface area contributed by atoms with Gasteiger partial charge in [-0.3, -0.25) is 18.6 Å². The molecule has 0 aromatic rings. The normalized spacial score (nSPS) is 14.0. The van der Waals surface area contributed by atoms with Crippen LogP contribution in [0.4, 0.5) is 0 Å². The predicted octanol–water partition coefficient (Wildman–Crippen LogP) is 21.1. The van der Waals surface area contributed by atoms with Crippen LogP contribution in [0.2, 0.25) is 0 Å². The summed E-state index contributed by atoms with van der Waals surface area (Å²) in [6.45, 7) is 3.47. The lowest BCUT2D eigenvalue weighted by atomic mass is 10.0. The molecular formula is C71H118NO8P. The fraction of sp³-hybridized carbons (Fsp3) is 0.634. The Balaban J connectivity index is 3.89. The van der Waals surface area contributed by atoms with Crippen molar-refractivity contribution in [3.63, 3.8) is 0 Å². The summed E-state index contributed by atoms with van der Waals surface area (Å²) < 4.78 is 33.0. The van der Waals surface area contributed by atoms with Gasteiger partial charge in [0.25, 0.3) is 0 Å². The van der Waals surface area contributed by atoms with E-state index in [0.29, 0.717) is 12.8 Å². The van der Waals surface area contributed by atoms with E-state index < -0.39 is 32.5 Å². The Kier molecular flexibility index (Phi) is 61.7. The number of rotatable bonds is 59. The van der Waals surface area contributed by atoms with Gasteiger partial charge in [-0.25, -0.2) is 4.57 Å². The fourth-order valence-corrected chi connectivity index (χ4v) is 9.29. The number of ether oxygens (including phenoxy) is 2. The Hall–Kier alpha value is -4.11. The number of carbonyl (C=O) groups is 2. The smallest absolute Gasteiger partial charge is 0.462 e. The molecule has 0 aliphatic heterocycles. The van der Waals surface area contributed by atoms with Crippen molar-refractivity contribution in [3.05, 3.63) is 146 Å². The number of unbranched alkanes of at least 4 members (excludes halogenated alkanes) is 22. The third-order valence-electron chi connectivity index (χ3n) is 13.2. The van der Waals surface area contributed by atoms with E-state index in [2.05, 4.69) is 160 Å². The molecule has 0 saturated carbocycles. The van der Waals surface area contributed by atoms with Crippen LogP contribution in [0.3, 0.4) is 0 Å². The zero-order chi connectivity index (χ0) is 58.7. The molecule has 0 aromatic heterocycles. The number of esters is 2. The number of carbonyl (C=O) groups excluding carboxylic acids is 2. The molecule has 0 rings (SSSR count). The minimum absolute atomic E-state index is 0.0431. The van der Waals surface area contributed by atoms with Gasteiger partial charge in [0.05, 0.1) is 13.2 Å². The molecule has 10 heteroatoms. The van der Waals surface area contributed by atoms with Crippen molar-refractivity contribution in [3.8, 4) is 0 Å². The van der Waals surface area contributed by atoms with Crippen molar-refractivity contribution < 1.29 is 37.6 Å². The third-order valence-corrected chi connectivity index (χ3v) is 14.2. The molecule has 9 nitrogen and oxygen atoms in total. The Morgan fingerprint density at radius 3 is 0.963 bits per heavy atom. The standard InChI is InChI=1S/C71H118NO8P/c1-3-5-7-9-11-13-15-17-19-21-23-24-25-26-27-28-29-30-31-32-33-34-35-36-37-38-39-40-41-42-43-44-46-48-50-52-54-56-58-60-62-64-71(74)80-69(68-79-81(75,76)78-66-65-72)67-77-70(73)63-61-59-57-55-53-51-49-47-45-22-20-18-16-14-12-10-8-6-4-2/h5-8,11-14,17-20,23-24,26-27,29-30,32-33,45,47,51,53,69H,3-4,9-10,15-16,21-22,25,28,31,34-44,46,48-50,52,54-68,72H2,1-2H3,(H,75,76)/b7-5-,8-6-,13-11-,14-12-,19-17-,20-18-,24-23-,27-26-,30-29-,33-32-,47-45-,53-51-. The van der Waals surface area contributed by atoms with Gasteiger partial charge < -0.3 is 20.1 Å². The Bertz CT molecular complexity index is 1830. The minimum Gasteiger partial charge on any atom is -0.462 e. The summed E-state index contributed by atoms with van der Waals surface area (Å²) in [7, 11) is -4.40. The molecule has 0 heterocycles. The predicted molar refractivity (Wildman–Crippen MR) is 348 cm³/mol. The zero-order valence-electron chi connectivity index (χ0n) is 51.5. The van der Waals surface area contributed by atoms with Gasteiger partial charge in [-0.2, -0.15) is 0 Å². The average molecular weight is 1140 g/mol. The summed E-state index contributed by atoms with van der Waals surface area (Å²) in [5, 5.41) is 0. The van der Waals surface area contributed by atoms with E-state index in [1.54, 1.807) is 0 Å². The quantitative estimate of drug-likeness (QED) is 0.0264. The fourth-order valence-electron chi connectivity index (χ4n) is 8.53. The van der Waals surface area contributed by atoms with E-state index in [4.69, 9.17) is 24.3 Å². The molecule has 0 aliphatic carbocycles. The number of hydrogen-bond donors (Lipinski definition) is 2. The maximum atomic E-state index is 12.7. The van der Waals surface area contributed by atoms with Crippen LogP contribution >= 0.6 is 7.82 Å². The Labute approximate surface area is 496 Å². The van der Waals surface area contributed by atoms with Crippen LogP contribution in [0.15, 0.2) is 146 Å². The monoisotopic (exact) mass is 1140 g/mol. The third kappa shape index (κ3) is 64.9. The van der Waals surface area contributed by atoms with Gasteiger partial charge in [0.15, 0.2) is 6.10 Å². The van der Waals surface area contributed by atoms with Crippen LogP contribution in [0.25, 0.3) is 0 Å². The number of phosphoric ester groups is 1. The Morgan fingerprint density at radius 1 is 0.370 bits per heavy atom. The highest BCUT2D eigenvalue weighted by atomic mass is 31.2. The highest BCUT2D eigenvalue weighted by Gasteiger charge is 2.26. The first-order chi connectivity index (χ1) is 39.8. The molecule has 2 atom stereocenters. The van der Waals surface area contributed by atoms with Crippen LogP contribution in [-0.2, 0) is 32.7 Å². The van der Waals surface area contributed by atoms with E-state index in [0.717, 1.165) is 116 Å². The first kappa shape index (κ1) is 76.9. The van der Waals surface area contributed by atoms with Crippen LogP contribution in [-0.4, -0.2) is 49.3 Å². The number of phosphoric acid groups is 1. The number of nitrogens with two attached hydrogens (primary N) is 1. The van der Waals surface area contributed by atoms with Crippen molar-refractivity contribution in [1.82, 2.24) is 0 Å². The zero-order valence-corrected chi connectivity index (χ0v) is 52.4. The van der Waals surface area contributed by atoms with Crippen LogP contribution < -0.4 is 5.73 Å². The molecule has 0 aromatic carbocycles. The summed E-state index contributed by atoms with van der Waals surface area (Å²) in [5.41, 5.74) is 5.38. The van der Waals surface area contributed by atoms with E-state index in [9.17, 15) is 19.0 Å². The second-order valence-electron chi connectivity index (χ2n) is 20.9. The largest absolute Gasteiger partial charge is 0.472 e. The number of hydrogen-bond acceptors (Lipinski definition) is 8. The summed E-state index contributed by atoms with van der Waals surface area (Å²) >= 11 is 0. The Morgan fingerprint density at radius 2 is 0.642 bits per heavy atom. The van der Waals surface area contributed by atoms with Gasteiger partial charge in [0, 0.05) is 19.4 Å². The van der Waals surface area contributed by atoms with Crippen LogP contribution in [0.1, 0.15) is 258 Å². The van der Waals surface area contributed by atoms with E-state index in [1.807, 2.05) is 0 Å². The van der Waals surface area contributed by atoms with Crippen LogP contribution in [0, 0.1) is 0 Å². The molecule has 0 aliphatic rings. The first-order valence-corrected chi connectivity index (χ1v) is 33.8. The molecule has 0 bridgehead atoms. The lowest BCUT2D eigenvalue weighted by Gasteiger charge is -2.19. The van der Waals surface area contributed by atoms with Gasteiger partial charge in [0.2, 0.25) is 0 Å². The topological polar surface area (TPSA) is 134 Å². The van der Waals surface area contributed by atoms with Gasteiger partial charge in [-0.1, -0.05) is 275 Å². The molecule has 2 unspecified atom stereocenters. The molecule has 0 saturated heterocycles. The molecule has 460 valence electrons. The van der Waals surface area contributed by atoms with E-state index >= 15 is 0 Å². The second kappa shape index (κ2) is 65.0. The molecule has 81 heavy (non-hydrogen) atoms. The van der Waals surface area contributed by atoms with E-state index in [-0.39, 0.29) is 32.6 Å². The first-order valence-electron chi connectivity index (χ1n) is 32.3. The average Bonchev–Trinajstić information content (AvgIpc) is 3.46. The molecule has 0 radical (unpaired) electrons. The number of allylic oxidation sites excluding steroid dienone is 24. The molecule has 3 N–H and O–H groups in total. The van der Waals surface area contributed by atoms with Crippen LogP contribution in [0.5, 0.6) is 0 Å². The summed E-state index contributed by atoms with van der Waals surface area (Å²) in [5.74, 6) is -0.868. The van der Waals surface area contributed by atoms with E-state index in [1.165, 1.54) is 103 Å². The lowest BCUT2D eigenvalue weighted by Crippen LogP contribution is -2.29. The minimum atomic E-state index is -4.40. The maximum absolute atomic E-state index is 12.7. The highest BCUT2D eigenvalue weighted by molar-refractivity contribution is 7.47. The molecule has 0 amide bonds. The lowest BCUT2D eigenvalue weighted by molar-refractivity contribution is -0.161. The SMILES string of the molecule is CC/C=C\C/C=C\C/C=C\C/C=C\C/C=C\C/C=C\C/C=C\CCCCCCCCCCCCCCCCCCCCCC(=O)OC(COC(=O)CCCCC/C=C\C/C=C\C/C=C\C/C=C\C/C=C\CC)COP(=O)(O)OCCN. The van der Waals surface area contributed by atoms with Crippen molar-refractivity contribution in [1.29, 1.82) is 0 Å². The van der Waals surface area contributed by atoms with Crippen molar-refractivity contribution in [2.24, 2.45) is 5.73 Å². The summed E-state index contributed by atoms with van der Waals surface area (Å²) in [6, 6.07) is 0. The molecule has 0 fully saturated rings. The van der Waals surface area contributed by atoms with Gasteiger partial charge in [0.1, 0.15) is 6.61 Å². The highest BCUT2D eigenvalue weighted by Crippen LogP contribution is 2.43. The summed E-state index contributed by atoms with van der Waals surface area (Å²) in [4.78, 5) is 35.2. The van der Waals surface area contributed by atoms with Crippen molar-refractivity contribution in [2.45, 2.75) is 264 Å². The van der Waals surface area contributed by atoms with Crippen molar-refractivity contribution >= 4 is 19.8 Å². The molecule has 0 spiro atoms. The van der Waals surface area contributed by atoms with Gasteiger partial charge in [-0.05, 0) is 116 Å². The van der Waals surface area contributed by atoms with Crippen molar-refractivity contribution in [2.75, 3.05) is 26.4 Å². The molecular weight excluding hydrogens is 1030 g/mol. The van der Waals surface area contributed by atoms with Gasteiger partial charge >= 0.3 is 19.8 Å². The van der Waals surface area contributed by atoms with Gasteiger partial charge in [-0.15, -0.1) is 0 Å². The maximum Gasteiger partial charge on any atom is 0.472 e.